The van der Waals surface area contributed by atoms with Gasteiger partial charge in [-0.15, -0.1) is 0 Å². The summed E-state index contributed by atoms with van der Waals surface area (Å²) in [6, 6.07) is 16.6. The highest BCUT2D eigenvalue weighted by Crippen LogP contribution is 2.36. The minimum absolute atomic E-state index is 0.0136. The van der Waals surface area contributed by atoms with Crippen molar-refractivity contribution >= 4 is 11.6 Å². The molecule has 0 bridgehead atoms. The van der Waals surface area contributed by atoms with E-state index in [1.807, 2.05) is 19.2 Å². The maximum atomic E-state index is 12.7. The van der Waals surface area contributed by atoms with E-state index in [2.05, 4.69) is 51.7 Å². The second kappa shape index (κ2) is 7.86. The van der Waals surface area contributed by atoms with E-state index >= 15 is 0 Å². The lowest BCUT2D eigenvalue weighted by Crippen LogP contribution is -2.41. The molecule has 0 saturated carbocycles. The predicted molar refractivity (Wildman–Crippen MR) is 108 cm³/mol. The summed E-state index contributed by atoms with van der Waals surface area (Å²) in [5, 5.41) is 7.04. The Hall–Kier alpha value is -3.12. The van der Waals surface area contributed by atoms with Crippen LogP contribution in [0.3, 0.4) is 0 Å². The van der Waals surface area contributed by atoms with Gasteiger partial charge in [0.1, 0.15) is 5.75 Å². The SMILES string of the molecule is COc1cccc([C@H]2c3ccccc3CCN2CC(=O)Nc2cnn(C)c2)c1. The van der Waals surface area contributed by atoms with Gasteiger partial charge in [0.15, 0.2) is 0 Å². The summed E-state index contributed by atoms with van der Waals surface area (Å²) in [6.45, 7) is 1.13. The normalized spacial score (nSPS) is 16.4. The number of carbonyl (C=O) groups excluding carboxylic acids is 1. The van der Waals surface area contributed by atoms with Crippen molar-refractivity contribution in [2.75, 3.05) is 25.5 Å². The van der Waals surface area contributed by atoms with Crippen LogP contribution in [0.5, 0.6) is 5.75 Å². The number of aryl methyl sites for hydroxylation is 1. The number of hydrogen-bond acceptors (Lipinski definition) is 4. The molecule has 1 aromatic heterocycles. The highest BCUT2D eigenvalue weighted by Gasteiger charge is 2.30. The second-order valence-corrected chi connectivity index (χ2v) is 7.05. The number of aromatic nitrogens is 2. The number of benzene rings is 2. The van der Waals surface area contributed by atoms with E-state index in [0.29, 0.717) is 12.2 Å². The molecule has 1 N–H and O–H groups in total. The summed E-state index contributed by atoms with van der Waals surface area (Å²) in [5.74, 6) is 0.778. The third-order valence-corrected chi connectivity index (χ3v) is 5.13. The third kappa shape index (κ3) is 3.77. The van der Waals surface area contributed by atoms with Gasteiger partial charge in [-0.2, -0.15) is 5.10 Å². The lowest BCUT2D eigenvalue weighted by atomic mass is 9.88. The topological polar surface area (TPSA) is 59.4 Å². The predicted octanol–water partition coefficient (Wildman–Crippen LogP) is 3.01. The zero-order valence-electron chi connectivity index (χ0n) is 16.1. The van der Waals surface area contributed by atoms with E-state index in [-0.39, 0.29) is 11.9 Å². The van der Waals surface area contributed by atoms with Crippen molar-refractivity contribution in [3.05, 3.63) is 77.6 Å². The molecule has 1 atom stereocenters. The lowest BCUT2D eigenvalue weighted by molar-refractivity contribution is -0.117. The molecule has 0 aliphatic carbocycles. The van der Waals surface area contributed by atoms with E-state index < -0.39 is 0 Å². The molecule has 0 unspecified atom stereocenters. The minimum Gasteiger partial charge on any atom is -0.497 e. The van der Waals surface area contributed by atoms with Crippen molar-refractivity contribution in [2.24, 2.45) is 7.05 Å². The number of nitrogens with zero attached hydrogens (tertiary/aromatic N) is 3. The molecule has 0 radical (unpaired) electrons. The maximum absolute atomic E-state index is 12.7. The van der Waals surface area contributed by atoms with E-state index in [0.717, 1.165) is 24.3 Å². The molecule has 0 fully saturated rings. The Bertz CT molecular complexity index is 982. The molecule has 1 aliphatic rings. The first kappa shape index (κ1) is 18.3. The second-order valence-electron chi connectivity index (χ2n) is 7.05. The monoisotopic (exact) mass is 376 g/mol. The van der Waals surface area contributed by atoms with Gasteiger partial charge in [0, 0.05) is 19.8 Å². The zero-order valence-corrected chi connectivity index (χ0v) is 16.1. The maximum Gasteiger partial charge on any atom is 0.238 e. The van der Waals surface area contributed by atoms with Gasteiger partial charge in [-0.05, 0) is 35.2 Å². The average Bonchev–Trinajstić information content (AvgIpc) is 3.12. The molecule has 6 nitrogen and oxygen atoms in total. The molecule has 144 valence electrons. The molecule has 1 aliphatic heterocycles. The summed E-state index contributed by atoms with van der Waals surface area (Å²) in [4.78, 5) is 14.9. The molecule has 2 aromatic carbocycles. The summed E-state index contributed by atoms with van der Waals surface area (Å²) < 4.78 is 7.10. The molecule has 1 amide bonds. The minimum atomic E-state index is -0.0414. The number of hydrogen-bond donors (Lipinski definition) is 1. The van der Waals surface area contributed by atoms with Crippen LogP contribution in [0.25, 0.3) is 0 Å². The molecule has 3 aromatic rings. The Morgan fingerprint density at radius 1 is 1.25 bits per heavy atom. The van der Waals surface area contributed by atoms with E-state index in [4.69, 9.17) is 4.74 Å². The average molecular weight is 376 g/mol. The fraction of sp³-hybridized carbons (Fsp3) is 0.273. The summed E-state index contributed by atoms with van der Waals surface area (Å²) >= 11 is 0. The molecule has 0 saturated heterocycles. The van der Waals surface area contributed by atoms with E-state index in [1.54, 1.807) is 24.2 Å². The molecule has 4 rings (SSSR count). The summed E-state index contributed by atoms with van der Waals surface area (Å²) in [5.41, 5.74) is 4.42. The lowest BCUT2D eigenvalue weighted by Gasteiger charge is -2.37. The van der Waals surface area contributed by atoms with Crippen molar-refractivity contribution in [3.63, 3.8) is 0 Å². The number of anilines is 1. The number of methoxy groups -OCH3 is 1. The standard InChI is InChI=1S/C22H24N4O2/c1-25-14-18(13-23-25)24-21(27)15-26-11-10-16-6-3-4-9-20(16)22(26)17-7-5-8-19(12-17)28-2/h3-9,12-14,22H,10-11,15H2,1-2H3,(H,24,27)/t22-/m0/s1. The van der Waals surface area contributed by atoms with Crippen molar-refractivity contribution < 1.29 is 9.53 Å². The van der Waals surface area contributed by atoms with Crippen LogP contribution in [0.1, 0.15) is 22.7 Å². The smallest absolute Gasteiger partial charge is 0.238 e. The quantitative estimate of drug-likeness (QED) is 0.744. The van der Waals surface area contributed by atoms with Gasteiger partial charge in [-0.1, -0.05) is 36.4 Å². The number of ether oxygens (including phenoxy) is 1. The Labute approximate surface area is 164 Å². The number of fused-ring (bicyclic) bond motifs is 1. The first-order valence-electron chi connectivity index (χ1n) is 9.38. The van der Waals surface area contributed by atoms with Crippen molar-refractivity contribution in [3.8, 4) is 5.75 Å². The van der Waals surface area contributed by atoms with Gasteiger partial charge in [0.2, 0.25) is 5.91 Å². The Balaban J connectivity index is 1.62. The van der Waals surface area contributed by atoms with Crippen LogP contribution in [0, 0.1) is 0 Å². The summed E-state index contributed by atoms with van der Waals surface area (Å²) in [7, 11) is 3.50. The van der Waals surface area contributed by atoms with Crippen molar-refractivity contribution in [1.29, 1.82) is 0 Å². The van der Waals surface area contributed by atoms with Gasteiger partial charge in [0.25, 0.3) is 0 Å². The van der Waals surface area contributed by atoms with E-state index in [9.17, 15) is 4.79 Å². The first-order chi connectivity index (χ1) is 13.6. The first-order valence-corrected chi connectivity index (χ1v) is 9.38. The van der Waals surface area contributed by atoms with Crippen LogP contribution >= 0.6 is 0 Å². The van der Waals surface area contributed by atoms with Crippen LogP contribution in [-0.4, -0.2) is 40.8 Å². The van der Waals surface area contributed by atoms with Gasteiger partial charge in [-0.25, -0.2) is 0 Å². The Kier molecular flexibility index (Phi) is 5.12. The fourth-order valence-corrected chi connectivity index (χ4v) is 3.86. The number of amides is 1. The molecular weight excluding hydrogens is 352 g/mol. The Morgan fingerprint density at radius 3 is 2.89 bits per heavy atom. The van der Waals surface area contributed by atoms with Crippen LogP contribution < -0.4 is 10.1 Å². The van der Waals surface area contributed by atoms with Crippen LogP contribution in [-0.2, 0) is 18.3 Å². The highest BCUT2D eigenvalue weighted by molar-refractivity contribution is 5.92. The van der Waals surface area contributed by atoms with Crippen molar-refractivity contribution in [1.82, 2.24) is 14.7 Å². The highest BCUT2D eigenvalue weighted by atomic mass is 16.5. The Morgan fingerprint density at radius 2 is 2.11 bits per heavy atom. The zero-order chi connectivity index (χ0) is 19.5. The molecule has 28 heavy (non-hydrogen) atoms. The fourth-order valence-electron chi connectivity index (χ4n) is 3.86. The third-order valence-electron chi connectivity index (χ3n) is 5.13. The van der Waals surface area contributed by atoms with E-state index in [1.165, 1.54) is 11.1 Å². The number of nitrogens with one attached hydrogen (secondary N) is 1. The number of rotatable bonds is 5. The van der Waals surface area contributed by atoms with Gasteiger partial charge >= 0.3 is 0 Å². The van der Waals surface area contributed by atoms with Crippen molar-refractivity contribution in [2.45, 2.75) is 12.5 Å². The largest absolute Gasteiger partial charge is 0.497 e. The summed E-state index contributed by atoms with van der Waals surface area (Å²) in [6.07, 6.45) is 4.38. The molecule has 0 spiro atoms. The van der Waals surface area contributed by atoms with Crippen LogP contribution in [0.2, 0.25) is 0 Å². The van der Waals surface area contributed by atoms with Gasteiger partial charge in [0.05, 0.1) is 31.6 Å². The van der Waals surface area contributed by atoms with Crippen LogP contribution in [0.4, 0.5) is 5.69 Å². The molecule has 2 heterocycles. The van der Waals surface area contributed by atoms with Gasteiger partial charge < -0.3 is 10.1 Å². The van der Waals surface area contributed by atoms with Gasteiger partial charge in [-0.3, -0.25) is 14.4 Å². The number of carbonyl (C=O) groups is 1. The molecule has 6 heteroatoms. The van der Waals surface area contributed by atoms with Crippen LogP contribution in [0.15, 0.2) is 60.9 Å². The molecular formula is C22H24N4O2.